The maximum atomic E-state index is 10.7. The molecule has 0 aromatic heterocycles. The van der Waals surface area contributed by atoms with Crippen molar-refractivity contribution in [3.8, 4) is 22.6 Å². The van der Waals surface area contributed by atoms with Crippen LogP contribution in [0, 0.1) is 0 Å². The second-order valence-electron chi connectivity index (χ2n) is 6.63. The van der Waals surface area contributed by atoms with E-state index in [-0.39, 0.29) is 18.9 Å². The molecule has 0 spiro atoms. The third-order valence-electron chi connectivity index (χ3n) is 5.40. The lowest BCUT2D eigenvalue weighted by atomic mass is 9.74. The topological polar surface area (TPSA) is 51.2 Å². The molecule has 2 aliphatic heterocycles. The predicted octanol–water partition coefficient (Wildman–Crippen LogP) is 2.80. The highest BCUT2D eigenvalue weighted by atomic mass is 16.7. The maximum absolute atomic E-state index is 10.7. The van der Waals surface area contributed by atoms with Crippen molar-refractivity contribution >= 4 is 0 Å². The number of hydrogen-bond donors (Lipinski definition) is 1. The van der Waals surface area contributed by atoms with Crippen molar-refractivity contribution in [1.82, 2.24) is 4.90 Å². The third kappa shape index (κ3) is 1.69. The minimum absolute atomic E-state index is 0.0489. The monoisotopic (exact) mass is 325 g/mol. The molecule has 24 heavy (non-hydrogen) atoms. The minimum Gasteiger partial charge on any atom is -0.454 e. The predicted molar refractivity (Wildman–Crippen MR) is 88.1 cm³/mol. The van der Waals surface area contributed by atoms with Crippen LogP contribution >= 0.6 is 0 Å². The summed E-state index contributed by atoms with van der Waals surface area (Å²) in [4.78, 5) is 2.17. The number of hydrogen-bond acceptors (Lipinski definition) is 5. The number of methoxy groups -OCH3 is 1. The lowest BCUT2D eigenvalue weighted by molar-refractivity contribution is -0.00973. The average Bonchev–Trinajstić information content (AvgIpc) is 3.06. The van der Waals surface area contributed by atoms with Crippen LogP contribution < -0.4 is 9.47 Å². The largest absolute Gasteiger partial charge is 0.454 e. The second kappa shape index (κ2) is 4.96. The number of β-amino-alcohol motifs (C(OH)–C–C–N with tert-alkyl or cyclic N) is 1. The number of benzene rings is 2. The number of rotatable bonds is 1. The Morgan fingerprint density at radius 3 is 2.88 bits per heavy atom. The smallest absolute Gasteiger partial charge is 0.231 e. The van der Waals surface area contributed by atoms with Gasteiger partial charge in [0.05, 0.1) is 12.1 Å². The van der Waals surface area contributed by atoms with Crippen LogP contribution in [-0.4, -0.2) is 37.5 Å². The first-order valence-electron chi connectivity index (χ1n) is 8.17. The van der Waals surface area contributed by atoms with Gasteiger partial charge in [-0.2, -0.15) is 0 Å². The number of aliphatic hydroxyl groups is 1. The van der Waals surface area contributed by atoms with Crippen LogP contribution in [0.3, 0.4) is 0 Å². The summed E-state index contributed by atoms with van der Waals surface area (Å²) in [6, 6.07) is 10.3. The molecule has 1 aliphatic carbocycles. The van der Waals surface area contributed by atoms with Crippen molar-refractivity contribution < 1.29 is 19.3 Å². The molecule has 2 aromatic carbocycles. The summed E-state index contributed by atoms with van der Waals surface area (Å²) >= 11 is 0. The summed E-state index contributed by atoms with van der Waals surface area (Å²) in [5, 5.41) is 10.7. The number of ether oxygens (including phenoxy) is 3. The highest BCUT2D eigenvalue weighted by Crippen LogP contribution is 2.58. The van der Waals surface area contributed by atoms with Crippen LogP contribution in [0.25, 0.3) is 11.1 Å². The van der Waals surface area contributed by atoms with Crippen molar-refractivity contribution in [2.45, 2.75) is 18.2 Å². The molecule has 2 heterocycles. The molecule has 3 aliphatic rings. The zero-order valence-corrected chi connectivity index (χ0v) is 13.7. The van der Waals surface area contributed by atoms with Crippen molar-refractivity contribution in [3.05, 3.63) is 47.0 Å². The molecule has 0 saturated carbocycles. The number of fused-ring (bicyclic) bond motifs is 4. The number of nitrogens with zero attached hydrogens (tertiary/aromatic N) is 1. The van der Waals surface area contributed by atoms with Gasteiger partial charge in [0.15, 0.2) is 11.5 Å². The van der Waals surface area contributed by atoms with Gasteiger partial charge in [-0.3, -0.25) is 4.90 Å². The van der Waals surface area contributed by atoms with E-state index in [0.717, 1.165) is 39.3 Å². The molecule has 0 unspecified atom stereocenters. The van der Waals surface area contributed by atoms with Crippen LogP contribution in [-0.2, 0) is 4.74 Å². The molecule has 0 saturated heterocycles. The summed E-state index contributed by atoms with van der Waals surface area (Å²) in [6.45, 7) is 0.788. The lowest BCUT2D eigenvalue weighted by Gasteiger charge is -2.45. The fourth-order valence-corrected chi connectivity index (χ4v) is 4.42. The van der Waals surface area contributed by atoms with Gasteiger partial charge in [-0.1, -0.05) is 24.3 Å². The molecule has 2 aromatic rings. The molecule has 5 rings (SSSR count). The van der Waals surface area contributed by atoms with E-state index in [1.807, 2.05) is 25.2 Å². The van der Waals surface area contributed by atoms with Gasteiger partial charge in [-0.15, -0.1) is 0 Å². The van der Waals surface area contributed by atoms with Gasteiger partial charge in [0.1, 0.15) is 6.10 Å². The molecule has 5 nitrogen and oxygen atoms in total. The first-order valence-corrected chi connectivity index (χ1v) is 8.17. The maximum Gasteiger partial charge on any atom is 0.231 e. The summed E-state index contributed by atoms with van der Waals surface area (Å²) in [6.07, 6.45) is -0.623. The third-order valence-corrected chi connectivity index (χ3v) is 5.40. The Bertz CT molecular complexity index is 834. The van der Waals surface area contributed by atoms with Crippen LogP contribution in [0.2, 0.25) is 0 Å². The van der Waals surface area contributed by atoms with Crippen molar-refractivity contribution in [2.75, 3.05) is 27.5 Å². The number of likely N-dealkylation sites (N-methyl/N-ethyl adjacent to an activating group) is 1. The first kappa shape index (κ1) is 14.3. The zero-order valence-electron chi connectivity index (χ0n) is 13.7. The summed E-state index contributed by atoms with van der Waals surface area (Å²) in [5.41, 5.74) is 5.32. The molecule has 0 bridgehead atoms. The quantitative estimate of drug-likeness (QED) is 0.874. The van der Waals surface area contributed by atoms with Gasteiger partial charge in [-0.05, 0) is 35.4 Å². The Morgan fingerprint density at radius 2 is 2.04 bits per heavy atom. The van der Waals surface area contributed by atoms with Crippen molar-refractivity contribution in [2.24, 2.45) is 0 Å². The lowest BCUT2D eigenvalue weighted by Crippen LogP contribution is -2.40. The standard InChI is InChI=1S/C19H19NO4/c1-20-8-13(21)12-7-14-19(24-9-23-14)16-10-5-3-4-6-11(10)18(22-2)17(20)15(12)16/h3-7,13,17-18,21H,8-9H2,1-2H3/t13-,17+,18-/m0/s1. The normalized spacial score (nSPS) is 26.9. The van der Waals surface area contributed by atoms with Crippen LogP contribution in [0.15, 0.2) is 30.3 Å². The highest BCUT2D eigenvalue weighted by molar-refractivity contribution is 5.84. The van der Waals surface area contributed by atoms with E-state index in [9.17, 15) is 5.11 Å². The van der Waals surface area contributed by atoms with E-state index in [1.165, 1.54) is 0 Å². The molecule has 0 amide bonds. The fraction of sp³-hybridized carbons (Fsp3) is 0.368. The van der Waals surface area contributed by atoms with Crippen molar-refractivity contribution in [3.63, 3.8) is 0 Å². The molecule has 1 N–H and O–H groups in total. The number of aliphatic hydroxyl groups excluding tert-OH is 1. The highest BCUT2D eigenvalue weighted by Gasteiger charge is 2.45. The minimum atomic E-state index is -0.544. The van der Waals surface area contributed by atoms with E-state index in [1.54, 1.807) is 7.11 Å². The molecule has 5 heteroatoms. The van der Waals surface area contributed by atoms with E-state index in [4.69, 9.17) is 14.2 Å². The van der Waals surface area contributed by atoms with Crippen LogP contribution in [0.5, 0.6) is 11.5 Å². The molecule has 0 radical (unpaired) electrons. The van der Waals surface area contributed by atoms with Gasteiger partial charge in [0.2, 0.25) is 6.79 Å². The van der Waals surface area contributed by atoms with Gasteiger partial charge >= 0.3 is 0 Å². The Labute approximate surface area is 140 Å². The van der Waals surface area contributed by atoms with E-state index < -0.39 is 6.10 Å². The van der Waals surface area contributed by atoms with Crippen LogP contribution in [0.4, 0.5) is 0 Å². The van der Waals surface area contributed by atoms with Gasteiger partial charge in [0.25, 0.3) is 0 Å². The SMILES string of the molecule is CO[C@H]1c2ccccc2-c2c3c(cc4c2[C@H]1N(C)C[C@@H]4O)OCO3. The molecular formula is C19H19NO4. The Kier molecular flexibility index (Phi) is 2.95. The average molecular weight is 325 g/mol. The molecule has 3 atom stereocenters. The summed E-state index contributed by atoms with van der Waals surface area (Å²) in [7, 11) is 3.78. The Hall–Kier alpha value is -2.08. The summed E-state index contributed by atoms with van der Waals surface area (Å²) < 4.78 is 17.3. The Morgan fingerprint density at radius 1 is 1.21 bits per heavy atom. The Balaban J connectivity index is 1.90. The molecule has 0 fully saturated rings. The van der Waals surface area contributed by atoms with Gasteiger partial charge in [0, 0.05) is 19.2 Å². The fourth-order valence-electron chi connectivity index (χ4n) is 4.42. The van der Waals surface area contributed by atoms with Gasteiger partial charge in [-0.25, -0.2) is 0 Å². The first-order chi connectivity index (χ1) is 11.7. The molecular weight excluding hydrogens is 306 g/mol. The van der Waals surface area contributed by atoms with Crippen LogP contribution in [0.1, 0.15) is 34.9 Å². The van der Waals surface area contributed by atoms with E-state index >= 15 is 0 Å². The molecule has 124 valence electrons. The van der Waals surface area contributed by atoms with Gasteiger partial charge < -0.3 is 19.3 Å². The zero-order chi connectivity index (χ0) is 16.4. The van der Waals surface area contributed by atoms with E-state index in [2.05, 4.69) is 17.0 Å². The second-order valence-corrected chi connectivity index (χ2v) is 6.63. The van der Waals surface area contributed by atoms with E-state index in [0.29, 0.717) is 6.54 Å². The van der Waals surface area contributed by atoms with Crippen molar-refractivity contribution in [1.29, 1.82) is 0 Å². The summed E-state index contributed by atoms with van der Waals surface area (Å²) in [5.74, 6) is 1.50.